The van der Waals surface area contributed by atoms with Crippen LogP contribution in [0.1, 0.15) is 23.7 Å². The highest BCUT2D eigenvalue weighted by Gasteiger charge is 2.37. The number of halogens is 1. The SMILES string of the molecule is CCn1cc(C(=O)O)c(=O)c2cc(F)c(N3CC4C=CCC(N)C4C3)cc21. The van der Waals surface area contributed by atoms with E-state index in [-0.39, 0.29) is 22.9 Å². The maximum absolute atomic E-state index is 14.9. The van der Waals surface area contributed by atoms with Gasteiger partial charge in [0, 0.05) is 43.2 Å². The van der Waals surface area contributed by atoms with Crippen molar-refractivity contribution in [3.63, 3.8) is 0 Å². The molecule has 3 unspecified atom stereocenters. The zero-order chi connectivity index (χ0) is 19.3. The van der Waals surface area contributed by atoms with Gasteiger partial charge in [-0.1, -0.05) is 12.2 Å². The van der Waals surface area contributed by atoms with Crippen molar-refractivity contribution in [2.24, 2.45) is 17.6 Å². The number of anilines is 1. The number of fused-ring (bicyclic) bond motifs is 2. The second kappa shape index (κ2) is 6.49. The summed E-state index contributed by atoms with van der Waals surface area (Å²) < 4.78 is 16.6. The highest BCUT2D eigenvalue weighted by Crippen LogP contribution is 2.36. The fourth-order valence-electron chi connectivity index (χ4n) is 4.35. The van der Waals surface area contributed by atoms with E-state index in [9.17, 15) is 19.1 Å². The van der Waals surface area contributed by atoms with Crippen molar-refractivity contribution in [2.75, 3.05) is 18.0 Å². The average Bonchev–Trinajstić information content (AvgIpc) is 3.07. The number of pyridine rings is 1. The molecule has 142 valence electrons. The van der Waals surface area contributed by atoms with Gasteiger partial charge in [-0.25, -0.2) is 9.18 Å². The van der Waals surface area contributed by atoms with Crippen molar-refractivity contribution in [1.82, 2.24) is 4.57 Å². The number of hydrogen-bond donors (Lipinski definition) is 2. The van der Waals surface area contributed by atoms with Crippen molar-refractivity contribution in [2.45, 2.75) is 25.9 Å². The van der Waals surface area contributed by atoms with Crippen LogP contribution in [-0.4, -0.2) is 34.8 Å². The molecule has 1 aromatic heterocycles. The second-order valence-corrected chi connectivity index (χ2v) is 7.34. The Labute approximate surface area is 155 Å². The molecule has 1 fully saturated rings. The minimum Gasteiger partial charge on any atom is -0.477 e. The van der Waals surface area contributed by atoms with Crippen LogP contribution in [-0.2, 0) is 6.54 Å². The smallest absolute Gasteiger partial charge is 0.341 e. The summed E-state index contributed by atoms with van der Waals surface area (Å²) in [6.45, 7) is 3.68. The molecule has 0 amide bonds. The van der Waals surface area contributed by atoms with Crippen molar-refractivity contribution >= 4 is 22.6 Å². The van der Waals surface area contributed by atoms with E-state index in [1.54, 1.807) is 10.6 Å². The third kappa shape index (κ3) is 2.82. The van der Waals surface area contributed by atoms with Crippen LogP contribution in [0, 0.1) is 17.7 Å². The number of aromatic carboxylic acids is 1. The average molecular weight is 371 g/mol. The first kappa shape index (κ1) is 17.7. The Balaban J connectivity index is 1.83. The molecule has 0 spiro atoms. The third-order valence-corrected chi connectivity index (χ3v) is 5.81. The van der Waals surface area contributed by atoms with Gasteiger partial charge in [-0.2, -0.15) is 0 Å². The topological polar surface area (TPSA) is 88.6 Å². The Kier molecular flexibility index (Phi) is 4.26. The monoisotopic (exact) mass is 371 g/mol. The van der Waals surface area contributed by atoms with Crippen molar-refractivity contribution in [3.05, 3.63) is 52.1 Å². The number of rotatable bonds is 3. The number of carboxylic acid groups (broad SMARTS) is 1. The minimum absolute atomic E-state index is 0.0699. The molecule has 0 saturated carbocycles. The highest BCUT2D eigenvalue weighted by atomic mass is 19.1. The van der Waals surface area contributed by atoms with Gasteiger partial charge < -0.3 is 20.3 Å². The van der Waals surface area contributed by atoms with Gasteiger partial charge in [-0.15, -0.1) is 0 Å². The fraction of sp³-hybridized carbons (Fsp3) is 0.400. The van der Waals surface area contributed by atoms with Crippen molar-refractivity contribution in [3.8, 4) is 0 Å². The van der Waals surface area contributed by atoms with Crippen molar-refractivity contribution in [1.29, 1.82) is 0 Å². The van der Waals surface area contributed by atoms with Crippen molar-refractivity contribution < 1.29 is 14.3 Å². The fourth-order valence-corrected chi connectivity index (χ4v) is 4.35. The quantitative estimate of drug-likeness (QED) is 0.808. The molecule has 27 heavy (non-hydrogen) atoms. The normalized spacial score (nSPS) is 24.4. The van der Waals surface area contributed by atoms with Gasteiger partial charge in [0.2, 0.25) is 5.43 Å². The summed E-state index contributed by atoms with van der Waals surface area (Å²) in [5.74, 6) is -1.24. The molecule has 1 saturated heterocycles. The summed E-state index contributed by atoms with van der Waals surface area (Å²) in [7, 11) is 0. The van der Waals surface area contributed by atoms with E-state index in [1.165, 1.54) is 12.3 Å². The largest absolute Gasteiger partial charge is 0.477 e. The molecule has 1 aliphatic heterocycles. The number of nitrogens with zero attached hydrogens (tertiary/aromatic N) is 2. The van der Waals surface area contributed by atoms with Gasteiger partial charge in [0.25, 0.3) is 0 Å². The third-order valence-electron chi connectivity index (χ3n) is 5.81. The molecule has 2 aromatic rings. The number of hydrogen-bond acceptors (Lipinski definition) is 4. The lowest BCUT2D eigenvalue weighted by Crippen LogP contribution is -2.36. The first-order valence-corrected chi connectivity index (χ1v) is 9.18. The number of aromatic nitrogens is 1. The van der Waals surface area contributed by atoms with E-state index < -0.39 is 17.2 Å². The summed E-state index contributed by atoms with van der Waals surface area (Å²) >= 11 is 0. The molecular formula is C20H22FN3O3. The van der Waals surface area contributed by atoms with E-state index in [0.29, 0.717) is 36.8 Å². The standard InChI is InChI=1S/C20H22FN3O3/c1-2-23-10-14(20(26)27)19(25)12-6-15(21)18(7-17(12)23)24-8-11-4-3-5-16(22)13(11)9-24/h3-4,6-7,10-11,13,16H,2,5,8-9,22H2,1H3,(H,26,27). The van der Waals surface area contributed by atoms with Crippen LogP contribution in [0.15, 0.2) is 35.3 Å². The molecule has 2 aliphatic rings. The zero-order valence-corrected chi connectivity index (χ0v) is 15.1. The number of aryl methyl sites for hydroxylation is 1. The Morgan fingerprint density at radius 3 is 2.81 bits per heavy atom. The lowest BCUT2D eigenvalue weighted by atomic mass is 9.83. The molecule has 1 aliphatic carbocycles. The first-order chi connectivity index (χ1) is 12.9. The van der Waals surface area contributed by atoms with E-state index >= 15 is 0 Å². The lowest BCUT2D eigenvalue weighted by Gasteiger charge is -2.25. The lowest BCUT2D eigenvalue weighted by molar-refractivity contribution is 0.0695. The predicted molar refractivity (Wildman–Crippen MR) is 102 cm³/mol. The number of carbonyl (C=O) groups is 1. The molecular weight excluding hydrogens is 349 g/mol. The van der Waals surface area contributed by atoms with Crippen LogP contribution in [0.2, 0.25) is 0 Å². The van der Waals surface area contributed by atoms with Crippen LogP contribution in [0.25, 0.3) is 10.9 Å². The maximum atomic E-state index is 14.9. The minimum atomic E-state index is -1.31. The Bertz CT molecular complexity index is 1010. The van der Waals surface area contributed by atoms with Gasteiger partial charge in [-0.3, -0.25) is 4.79 Å². The molecule has 7 heteroatoms. The highest BCUT2D eigenvalue weighted by molar-refractivity contribution is 5.93. The van der Waals surface area contributed by atoms with Crippen LogP contribution in [0.4, 0.5) is 10.1 Å². The summed E-state index contributed by atoms with van der Waals surface area (Å²) in [5.41, 5.74) is 6.19. The van der Waals surface area contributed by atoms with Gasteiger partial charge in [-0.05, 0) is 31.4 Å². The van der Waals surface area contributed by atoms with Gasteiger partial charge in [0.1, 0.15) is 11.4 Å². The van der Waals surface area contributed by atoms with Crippen LogP contribution < -0.4 is 16.1 Å². The summed E-state index contributed by atoms with van der Waals surface area (Å²) in [4.78, 5) is 25.8. The predicted octanol–water partition coefficient (Wildman–Crippen LogP) is 2.20. The van der Waals surface area contributed by atoms with E-state index in [1.807, 2.05) is 11.8 Å². The second-order valence-electron chi connectivity index (χ2n) is 7.34. The Morgan fingerprint density at radius 2 is 2.15 bits per heavy atom. The Morgan fingerprint density at radius 1 is 1.37 bits per heavy atom. The van der Waals surface area contributed by atoms with Gasteiger partial charge in [0.15, 0.2) is 0 Å². The molecule has 3 N–H and O–H groups in total. The molecule has 4 rings (SSSR count). The molecule has 0 radical (unpaired) electrons. The van der Waals surface area contributed by atoms with E-state index in [4.69, 9.17) is 5.73 Å². The van der Waals surface area contributed by atoms with E-state index in [2.05, 4.69) is 12.2 Å². The molecule has 1 aromatic carbocycles. The molecule has 3 atom stereocenters. The summed E-state index contributed by atoms with van der Waals surface area (Å²) in [6.07, 6.45) is 6.42. The maximum Gasteiger partial charge on any atom is 0.341 e. The van der Waals surface area contributed by atoms with Crippen LogP contribution >= 0.6 is 0 Å². The summed E-state index contributed by atoms with van der Waals surface area (Å²) in [6, 6.07) is 2.90. The van der Waals surface area contributed by atoms with Gasteiger partial charge in [0.05, 0.1) is 11.2 Å². The van der Waals surface area contributed by atoms with Gasteiger partial charge >= 0.3 is 5.97 Å². The molecule has 0 bridgehead atoms. The summed E-state index contributed by atoms with van der Waals surface area (Å²) in [5, 5.41) is 9.34. The molecule has 2 heterocycles. The molecule has 6 nitrogen and oxygen atoms in total. The Hall–Kier alpha value is -2.67. The van der Waals surface area contributed by atoms with E-state index in [0.717, 1.165) is 6.42 Å². The number of nitrogens with two attached hydrogens (primary N) is 1. The van der Waals surface area contributed by atoms with Crippen LogP contribution in [0.5, 0.6) is 0 Å². The number of benzene rings is 1. The van der Waals surface area contributed by atoms with Crippen LogP contribution in [0.3, 0.4) is 0 Å². The first-order valence-electron chi connectivity index (χ1n) is 9.18. The number of carboxylic acids is 1. The zero-order valence-electron chi connectivity index (χ0n) is 15.1.